The van der Waals surface area contributed by atoms with Gasteiger partial charge in [-0.1, -0.05) is 11.6 Å². The van der Waals surface area contributed by atoms with Gasteiger partial charge in [-0.2, -0.15) is 0 Å². The number of amides is 2. The van der Waals surface area contributed by atoms with Gasteiger partial charge in [0.1, 0.15) is 5.82 Å². The van der Waals surface area contributed by atoms with E-state index in [1.807, 2.05) is 6.92 Å². The highest BCUT2D eigenvalue weighted by atomic mass is 35.5. The van der Waals surface area contributed by atoms with Crippen molar-refractivity contribution in [2.75, 3.05) is 13.6 Å². The van der Waals surface area contributed by atoms with Crippen molar-refractivity contribution in [3.63, 3.8) is 0 Å². The van der Waals surface area contributed by atoms with Gasteiger partial charge < -0.3 is 9.80 Å². The Morgan fingerprint density at radius 2 is 2.00 bits per heavy atom. The molecule has 0 spiro atoms. The lowest BCUT2D eigenvalue weighted by molar-refractivity contribution is -0.159. The van der Waals surface area contributed by atoms with Crippen molar-refractivity contribution in [3.8, 4) is 0 Å². The van der Waals surface area contributed by atoms with Crippen LogP contribution in [0.2, 0.25) is 5.02 Å². The molecule has 120 valence electrons. The van der Waals surface area contributed by atoms with Crippen LogP contribution in [-0.4, -0.2) is 41.2 Å². The second-order valence-electron chi connectivity index (χ2n) is 5.49. The molecule has 7 heteroatoms. The SMILES string of the molecule is CC(c1cc(F)cc(Cl)c1CCl)N1C[C@@H](C)N(C)C(=O)C1=O. The molecular weight excluding hydrogens is 330 g/mol. The monoisotopic (exact) mass is 346 g/mol. The molecule has 0 aromatic heterocycles. The number of carbonyl (C=O) groups excluding carboxylic acids is 2. The molecule has 1 fully saturated rings. The number of piperazine rings is 1. The molecule has 0 saturated carbocycles. The average molecular weight is 347 g/mol. The first-order valence-electron chi connectivity index (χ1n) is 6.89. The van der Waals surface area contributed by atoms with Crippen molar-refractivity contribution in [3.05, 3.63) is 34.1 Å². The number of carbonyl (C=O) groups is 2. The van der Waals surface area contributed by atoms with Gasteiger partial charge in [0.2, 0.25) is 0 Å². The molecule has 0 N–H and O–H groups in total. The van der Waals surface area contributed by atoms with E-state index in [0.29, 0.717) is 17.7 Å². The summed E-state index contributed by atoms with van der Waals surface area (Å²) in [6, 6.07) is 1.90. The fourth-order valence-corrected chi connectivity index (χ4v) is 3.25. The van der Waals surface area contributed by atoms with Crippen molar-refractivity contribution < 1.29 is 14.0 Å². The molecule has 2 amide bonds. The molecule has 0 aliphatic carbocycles. The fraction of sp³-hybridized carbons (Fsp3) is 0.467. The molecule has 1 unspecified atom stereocenters. The Bertz CT molecular complexity index is 624. The fourth-order valence-electron chi connectivity index (χ4n) is 2.60. The van der Waals surface area contributed by atoms with Crippen molar-refractivity contribution in [2.24, 2.45) is 0 Å². The molecule has 4 nitrogen and oxygen atoms in total. The summed E-state index contributed by atoms with van der Waals surface area (Å²) >= 11 is 11.9. The molecule has 0 bridgehead atoms. The molecule has 2 atom stereocenters. The molecule has 1 aliphatic rings. The summed E-state index contributed by atoms with van der Waals surface area (Å²) in [6.07, 6.45) is 0. The third kappa shape index (κ3) is 2.92. The zero-order valence-electron chi connectivity index (χ0n) is 12.6. The van der Waals surface area contributed by atoms with Crippen LogP contribution in [0.4, 0.5) is 4.39 Å². The topological polar surface area (TPSA) is 40.6 Å². The number of hydrogen-bond acceptors (Lipinski definition) is 2. The standard InChI is InChI=1S/C15H17Cl2FN2O2/c1-8-7-20(15(22)14(21)19(8)3)9(2)11-4-10(18)5-13(17)12(11)6-16/h4-5,8-9H,6-7H2,1-3H3/t8-,9?/m1/s1. The van der Waals surface area contributed by atoms with E-state index in [9.17, 15) is 14.0 Å². The third-order valence-corrected chi connectivity index (χ3v) is 4.74. The number of nitrogens with zero attached hydrogens (tertiary/aromatic N) is 2. The largest absolute Gasteiger partial charge is 0.333 e. The Hall–Kier alpha value is -1.33. The van der Waals surface area contributed by atoms with Crippen LogP contribution >= 0.6 is 23.2 Å². The van der Waals surface area contributed by atoms with Crippen LogP contribution in [0.25, 0.3) is 0 Å². The predicted molar refractivity (Wildman–Crippen MR) is 83.3 cm³/mol. The molecule has 2 rings (SSSR count). The predicted octanol–water partition coefficient (Wildman–Crippen LogP) is 2.97. The number of benzene rings is 1. The van der Waals surface area contributed by atoms with E-state index >= 15 is 0 Å². The highest BCUT2D eigenvalue weighted by molar-refractivity contribution is 6.35. The van der Waals surface area contributed by atoms with Gasteiger partial charge in [0.25, 0.3) is 0 Å². The maximum Gasteiger partial charge on any atom is 0.312 e. The van der Waals surface area contributed by atoms with E-state index in [1.165, 1.54) is 21.9 Å². The number of likely N-dealkylation sites (N-methyl/N-ethyl adjacent to an activating group) is 1. The lowest BCUT2D eigenvalue weighted by Crippen LogP contribution is -2.57. The molecule has 1 aromatic rings. The molecule has 22 heavy (non-hydrogen) atoms. The van der Waals surface area contributed by atoms with E-state index in [0.717, 1.165) is 0 Å². The van der Waals surface area contributed by atoms with Gasteiger partial charge in [-0.15, -0.1) is 11.6 Å². The van der Waals surface area contributed by atoms with Gasteiger partial charge in [-0.3, -0.25) is 9.59 Å². The summed E-state index contributed by atoms with van der Waals surface area (Å²) in [4.78, 5) is 27.1. The average Bonchev–Trinajstić information content (AvgIpc) is 2.47. The summed E-state index contributed by atoms with van der Waals surface area (Å²) in [5, 5.41) is 0.220. The lowest BCUT2D eigenvalue weighted by Gasteiger charge is -2.40. The maximum absolute atomic E-state index is 13.7. The van der Waals surface area contributed by atoms with Crippen molar-refractivity contribution >= 4 is 35.0 Å². The molecule has 1 aromatic carbocycles. The van der Waals surface area contributed by atoms with Gasteiger partial charge in [0.05, 0.1) is 6.04 Å². The van der Waals surface area contributed by atoms with Crippen LogP contribution in [0.5, 0.6) is 0 Å². The molecule has 1 heterocycles. The number of rotatable bonds is 3. The van der Waals surface area contributed by atoms with Gasteiger partial charge in [-0.05, 0) is 37.1 Å². The van der Waals surface area contributed by atoms with Gasteiger partial charge in [-0.25, -0.2) is 4.39 Å². The summed E-state index contributed by atoms with van der Waals surface area (Å²) in [5.74, 6) is -1.57. The highest BCUT2D eigenvalue weighted by Gasteiger charge is 2.38. The normalized spacial score (nSPS) is 20.5. The first-order chi connectivity index (χ1) is 10.3. The Morgan fingerprint density at radius 1 is 1.36 bits per heavy atom. The highest BCUT2D eigenvalue weighted by Crippen LogP contribution is 2.32. The minimum absolute atomic E-state index is 0.101. The maximum atomic E-state index is 13.7. The van der Waals surface area contributed by atoms with Crippen LogP contribution in [-0.2, 0) is 15.5 Å². The minimum Gasteiger partial charge on any atom is -0.333 e. The van der Waals surface area contributed by atoms with E-state index in [-0.39, 0.29) is 16.9 Å². The first kappa shape index (κ1) is 17.0. The quantitative estimate of drug-likeness (QED) is 0.623. The van der Waals surface area contributed by atoms with Crippen LogP contribution in [0, 0.1) is 5.82 Å². The number of hydrogen-bond donors (Lipinski definition) is 0. The van der Waals surface area contributed by atoms with E-state index < -0.39 is 23.7 Å². The number of halogens is 3. The zero-order chi connectivity index (χ0) is 16.6. The second kappa shape index (κ2) is 6.42. The molecule has 1 aliphatic heterocycles. The van der Waals surface area contributed by atoms with Crippen LogP contribution in [0.1, 0.15) is 31.0 Å². The van der Waals surface area contributed by atoms with Crippen LogP contribution < -0.4 is 0 Å². The summed E-state index contributed by atoms with van der Waals surface area (Å²) in [6.45, 7) is 3.97. The summed E-state index contributed by atoms with van der Waals surface area (Å²) < 4.78 is 13.7. The van der Waals surface area contributed by atoms with Crippen LogP contribution in [0.15, 0.2) is 12.1 Å². The van der Waals surface area contributed by atoms with E-state index in [2.05, 4.69) is 0 Å². The van der Waals surface area contributed by atoms with Crippen molar-refractivity contribution in [2.45, 2.75) is 31.8 Å². The lowest BCUT2D eigenvalue weighted by atomic mass is 9.99. The zero-order valence-corrected chi connectivity index (χ0v) is 14.1. The second-order valence-corrected chi connectivity index (χ2v) is 6.16. The third-order valence-electron chi connectivity index (χ3n) is 4.13. The molecular formula is C15H17Cl2FN2O2. The van der Waals surface area contributed by atoms with Gasteiger partial charge >= 0.3 is 11.8 Å². The van der Waals surface area contributed by atoms with E-state index in [1.54, 1.807) is 14.0 Å². The Morgan fingerprint density at radius 3 is 2.59 bits per heavy atom. The molecule has 1 saturated heterocycles. The summed E-state index contributed by atoms with van der Waals surface area (Å²) in [7, 11) is 1.59. The Balaban J connectivity index is 2.42. The Labute approximate surface area is 138 Å². The van der Waals surface area contributed by atoms with E-state index in [4.69, 9.17) is 23.2 Å². The van der Waals surface area contributed by atoms with Gasteiger partial charge in [0.15, 0.2) is 0 Å². The summed E-state index contributed by atoms with van der Waals surface area (Å²) in [5.41, 5.74) is 1.10. The smallest absolute Gasteiger partial charge is 0.312 e. The first-order valence-corrected chi connectivity index (χ1v) is 7.80. The number of alkyl halides is 1. The van der Waals surface area contributed by atoms with Gasteiger partial charge in [0, 0.05) is 30.5 Å². The minimum atomic E-state index is -0.603. The van der Waals surface area contributed by atoms with Crippen molar-refractivity contribution in [1.29, 1.82) is 0 Å². The van der Waals surface area contributed by atoms with Crippen molar-refractivity contribution in [1.82, 2.24) is 9.80 Å². The van der Waals surface area contributed by atoms with Crippen LogP contribution in [0.3, 0.4) is 0 Å². The Kier molecular flexibility index (Phi) is 4.97. The molecule has 0 radical (unpaired) electrons.